The first-order valence-corrected chi connectivity index (χ1v) is 6.03. The molecule has 0 atom stereocenters. The molecule has 0 saturated carbocycles. The van der Waals surface area contributed by atoms with Gasteiger partial charge in [0.1, 0.15) is 12.4 Å². The Labute approximate surface area is 116 Å². The second-order valence-corrected chi connectivity index (χ2v) is 4.19. The summed E-state index contributed by atoms with van der Waals surface area (Å²) < 4.78 is 23.1. The molecule has 1 aromatic carbocycles. The zero-order valence-corrected chi connectivity index (χ0v) is 11.2. The average molecular weight is 275 g/mol. The Balaban J connectivity index is 2.07. The number of methoxy groups -OCH3 is 1. The zero-order valence-electron chi connectivity index (χ0n) is 11.2. The van der Waals surface area contributed by atoms with Crippen LogP contribution in [0.3, 0.4) is 0 Å². The van der Waals surface area contributed by atoms with E-state index < -0.39 is 5.97 Å². The Kier molecular flexibility index (Phi) is 4.30. The van der Waals surface area contributed by atoms with Gasteiger partial charge in [0.25, 0.3) is 0 Å². The second-order valence-electron chi connectivity index (χ2n) is 4.19. The average Bonchev–Trinajstić information content (AvgIpc) is 2.44. The molecule has 0 N–H and O–H groups in total. The molecule has 2 rings (SSSR count). The molecular formula is C15H14FNO3. The number of nitrogens with zero attached hydrogens (tertiary/aromatic N) is 1. The quantitative estimate of drug-likeness (QED) is 0.805. The van der Waals surface area contributed by atoms with Crippen LogP contribution in [0.15, 0.2) is 36.4 Å². The number of halogens is 1. The highest BCUT2D eigenvalue weighted by molar-refractivity contribution is 5.90. The van der Waals surface area contributed by atoms with Crippen LogP contribution < -0.4 is 4.74 Å². The molecule has 2 aromatic rings. The van der Waals surface area contributed by atoms with E-state index in [0.717, 1.165) is 0 Å². The van der Waals surface area contributed by atoms with Gasteiger partial charge < -0.3 is 9.47 Å². The molecule has 5 heteroatoms. The first-order valence-electron chi connectivity index (χ1n) is 6.03. The maximum atomic E-state index is 13.0. The number of pyridine rings is 1. The lowest BCUT2D eigenvalue weighted by Crippen LogP contribution is -2.06. The molecule has 1 aromatic heterocycles. The Hall–Kier alpha value is -2.43. The maximum absolute atomic E-state index is 13.0. The molecule has 0 amide bonds. The molecule has 1 heterocycles. The van der Waals surface area contributed by atoms with Gasteiger partial charge in [0.2, 0.25) is 5.88 Å². The van der Waals surface area contributed by atoms with E-state index in [4.69, 9.17) is 4.74 Å². The lowest BCUT2D eigenvalue weighted by Gasteiger charge is -2.08. The normalized spacial score (nSPS) is 10.2. The Morgan fingerprint density at radius 1 is 1.30 bits per heavy atom. The van der Waals surface area contributed by atoms with Crippen molar-refractivity contribution in [1.82, 2.24) is 4.98 Å². The summed E-state index contributed by atoms with van der Waals surface area (Å²) in [6.45, 7) is 1.91. The van der Waals surface area contributed by atoms with Gasteiger partial charge in [-0.1, -0.05) is 12.1 Å². The molecule has 0 saturated heterocycles. The molecule has 0 unspecified atom stereocenters. The van der Waals surface area contributed by atoms with Crippen molar-refractivity contribution in [2.45, 2.75) is 13.5 Å². The van der Waals surface area contributed by atoms with Gasteiger partial charge in [-0.3, -0.25) is 0 Å². The summed E-state index contributed by atoms with van der Waals surface area (Å²) >= 11 is 0. The fourth-order valence-corrected chi connectivity index (χ4v) is 1.73. The van der Waals surface area contributed by atoms with Crippen LogP contribution in [0.2, 0.25) is 0 Å². The van der Waals surface area contributed by atoms with Crippen molar-refractivity contribution < 1.29 is 18.7 Å². The minimum atomic E-state index is -0.438. The number of ether oxygens (including phenoxy) is 2. The number of carbonyl (C=O) groups is 1. The van der Waals surface area contributed by atoms with E-state index in [2.05, 4.69) is 9.72 Å². The van der Waals surface area contributed by atoms with Crippen LogP contribution >= 0.6 is 0 Å². The van der Waals surface area contributed by atoms with Crippen molar-refractivity contribution >= 4 is 5.97 Å². The number of carbonyl (C=O) groups excluding carboxylic acids is 1. The highest BCUT2D eigenvalue weighted by Gasteiger charge is 2.11. The number of hydrogen-bond donors (Lipinski definition) is 0. The van der Waals surface area contributed by atoms with Crippen LogP contribution in [0.4, 0.5) is 4.39 Å². The first-order chi connectivity index (χ1) is 9.60. The predicted molar refractivity (Wildman–Crippen MR) is 71.0 cm³/mol. The largest absolute Gasteiger partial charge is 0.473 e. The third-order valence-corrected chi connectivity index (χ3v) is 2.74. The number of aromatic nitrogens is 1. The van der Waals surface area contributed by atoms with E-state index in [0.29, 0.717) is 22.7 Å². The van der Waals surface area contributed by atoms with Crippen molar-refractivity contribution in [1.29, 1.82) is 0 Å². The molecule has 104 valence electrons. The summed E-state index contributed by atoms with van der Waals surface area (Å²) in [5.74, 6) is -0.373. The van der Waals surface area contributed by atoms with E-state index >= 15 is 0 Å². The zero-order chi connectivity index (χ0) is 14.5. The van der Waals surface area contributed by atoms with Gasteiger partial charge in [-0.05, 0) is 30.7 Å². The molecule has 0 aliphatic heterocycles. The highest BCUT2D eigenvalue weighted by atomic mass is 19.1. The van der Waals surface area contributed by atoms with Crippen molar-refractivity contribution in [2.24, 2.45) is 0 Å². The van der Waals surface area contributed by atoms with Crippen LogP contribution in [0, 0.1) is 12.7 Å². The maximum Gasteiger partial charge on any atom is 0.339 e. The van der Waals surface area contributed by atoms with Crippen LogP contribution in [0.5, 0.6) is 5.88 Å². The second kappa shape index (κ2) is 6.14. The van der Waals surface area contributed by atoms with Gasteiger partial charge in [-0.25, -0.2) is 14.2 Å². The summed E-state index contributed by atoms with van der Waals surface area (Å²) in [4.78, 5) is 15.6. The van der Waals surface area contributed by atoms with Gasteiger partial charge in [0.05, 0.1) is 18.4 Å². The van der Waals surface area contributed by atoms with E-state index in [-0.39, 0.29) is 12.4 Å². The van der Waals surface area contributed by atoms with Gasteiger partial charge in [-0.15, -0.1) is 0 Å². The molecule has 0 radical (unpaired) electrons. The van der Waals surface area contributed by atoms with E-state index in [9.17, 15) is 9.18 Å². The topological polar surface area (TPSA) is 48.4 Å². The fourth-order valence-electron chi connectivity index (χ4n) is 1.73. The SMILES string of the molecule is COC(=O)c1ccc(OCc2cccc(F)c2)nc1C. The number of aryl methyl sites for hydroxylation is 1. The standard InChI is InChI=1S/C15H14FNO3/c1-10-13(15(18)19-2)6-7-14(17-10)20-9-11-4-3-5-12(16)8-11/h3-8H,9H2,1-2H3. The summed E-state index contributed by atoms with van der Waals surface area (Å²) in [5, 5.41) is 0. The third-order valence-electron chi connectivity index (χ3n) is 2.74. The van der Waals surface area contributed by atoms with E-state index in [1.807, 2.05) is 0 Å². The predicted octanol–water partition coefficient (Wildman–Crippen LogP) is 2.89. The lowest BCUT2D eigenvalue weighted by atomic mass is 10.2. The molecule has 0 aliphatic rings. The molecular weight excluding hydrogens is 261 g/mol. The van der Waals surface area contributed by atoms with Gasteiger partial charge in [0.15, 0.2) is 0 Å². The van der Waals surface area contributed by atoms with Crippen LogP contribution in [0.25, 0.3) is 0 Å². The van der Waals surface area contributed by atoms with Crippen LogP contribution in [0.1, 0.15) is 21.6 Å². The van der Waals surface area contributed by atoms with E-state index in [1.54, 1.807) is 31.2 Å². The molecule has 0 fully saturated rings. The Morgan fingerprint density at radius 2 is 2.10 bits per heavy atom. The van der Waals surface area contributed by atoms with Crippen molar-refractivity contribution in [3.05, 3.63) is 59.0 Å². The number of hydrogen-bond acceptors (Lipinski definition) is 4. The summed E-state index contributed by atoms with van der Waals surface area (Å²) in [6.07, 6.45) is 0. The first kappa shape index (κ1) is 14.0. The summed E-state index contributed by atoms with van der Waals surface area (Å²) in [5.41, 5.74) is 1.63. The van der Waals surface area contributed by atoms with Crippen molar-refractivity contribution in [3.8, 4) is 5.88 Å². The minimum absolute atomic E-state index is 0.210. The van der Waals surface area contributed by atoms with Gasteiger partial charge in [-0.2, -0.15) is 0 Å². The number of esters is 1. The van der Waals surface area contributed by atoms with Crippen LogP contribution in [-0.2, 0) is 11.3 Å². The van der Waals surface area contributed by atoms with Gasteiger partial charge >= 0.3 is 5.97 Å². The van der Waals surface area contributed by atoms with Gasteiger partial charge in [0, 0.05) is 6.07 Å². The minimum Gasteiger partial charge on any atom is -0.473 e. The molecule has 20 heavy (non-hydrogen) atoms. The smallest absolute Gasteiger partial charge is 0.339 e. The number of rotatable bonds is 4. The Bertz CT molecular complexity index is 628. The van der Waals surface area contributed by atoms with E-state index in [1.165, 1.54) is 19.2 Å². The molecule has 0 aliphatic carbocycles. The number of benzene rings is 1. The lowest BCUT2D eigenvalue weighted by molar-refractivity contribution is 0.0599. The fraction of sp³-hybridized carbons (Fsp3) is 0.200. The Morgan fingerprint density at radius 3 is 2.75 bits per heavy atom. The molecule has 0 spiro atoms. The van der Waals surface area contributed by atoms with Crippen molar-refractivity contribution in [2.75, 3.05) is 7.11 Å². The third kappa shape index (κ3) is 3.32. The van der Waals surface area contributed by atoms with Crippen molar-refractivity contribution in [3.63, 3.8) is 0 Å². The summed E-state index contributed by atoms with van der Waals surface area (Å²) in [7, 11) is 1.32. The van der Waals surface area contributed by atoms with Crippen LogP contribution in [-0.4, -0.2) is 18.1 Å². The molecule has 4 nitrogen and oxygen atoms in total. The highest BCUT2D eigenvalue weighted by Crippen LogP contribution is 2.15. The monoisotopic (exact) mass is 275 g/mol. The molecule has 0 bridgehead atoms. The summed E-state index contributed by atoms with van der Waals surface area (Å²) in [6, 6.07) is 9.33.